The number of pyridine rings is 1. The number of aromatic amines is 1. The Bertz CT molecular complexity index is 1280. The van der Waals surface area contributed by atoms with Crippen LogP contribution in [0.5, 0.6) is 5.75 Å². The molecule has 4 aromatic rings. The molecule has 0 saturated heterocycles. The number of H-pyrrole nitrogens is 1. The fraction of sp³-hybridized carbons (Fsp3) is 0.391. The van der Waals surface area contributed by atoms with E-state index in [0.717, 1.165) is 29.9 Å². The van der Waals surface area contributed by atoms with E-state index in [1.54, 1.807) is 11.6 Å². The number of hydrogen-bond acceptors (Lipinski definition) is 4. The normalized spacial score (nSPS) is 15.5. The number of nitrogens with zero attached hydrogens (tertiary/aromatic N) is 4. The second-order valence-corrected chi connectivity index (χ2v) is 8.04. The highest BCUT2D eigenvalue weighted by Crippen LogP contribution is 2.32. The fourth-order valence-electron chi connectivity index (χ4n) is 4.66. The molecule has 3 aromatic heterocycles. The summed E-state index contributed by atoms with van der Waals surface area (Å²) in [5.74, 6) is 1.97. The number of aryl methyl sites for hydroxylation is 1. The first kappa shape index (κ1) is 18.8. The molecule has 0 unspecified atom stereocenters. The molecule has 0 atom stereocenters. The zero-order chi connectivity index (χ0) is 20.7. The van der Waals surface area contributed by atoms with Crippen LogP contribution in [0.3, 0.4) is 0 Å². The van der Waals surface area contributed by atoms with Gasteiger partial charge in [0.1, 0.15) is 11.1 Å². The minimum atomic E-state index is -0.00513. The molecule has 154 valence electrons. The molecule has 3 heterocycles. The molecule has 7 heteroatoms. The van der Waals surface area contributed by atoms with E-state index in [1.807, 2.05) is 48.0 Å². The van der Waals surface area contributed by atoms with Crippen LogP contribution >= 0.6 is 0 Å². The lowest BCUT2D eigenvalue weighted by atomic mass is 10.0. The molecule has 0 amide bonds. The van der Waals surface area contributed by atoms with Gasteiger partial charge in [-0.2, -0.15) is 0 Å². The van der Waals surface area contributed by atoms with Gasteiger partial charge in [0, 0.05) is 19.2 Å². The van der Waals surface area contributed by atoms with E-state index in [0.29, 0.717) is 22.4 Å². The summed E-state index contributed by atoms with van der Waals surface area (Å²) in [5, 5.41) is 3.83. The lowest BCUT2D eigenvalue weighted by Crippen LogP contribution is -2.33. The van der Waals surface area contributed by atoms with Crippen molar-refractivity contribution in [1.29, 1.82) is 0 Å². The molecule has 1 saturated carbocycles. The number of para-hydroxylation sites is 1. The Kier molecular flexibility index (Phi) is 4.73. The lowest BCUT2D eigenvalue weighted by molar-refractivity contribution is -0.567. The molecule has 30 heavy (non-hydrogen) atoms. The highest BCUT2D eigenvalue weighted by molar-refractivity contribution is 5.92. The van der Waals surface area contributed by atoms with E-state index < -0.39 is 0 Å². The van der Waals surface area contributed by atoms with Crippen molar-refractivity contribution in [3.63, 3.8) is 0 Å². The number of ether oxygens (including phenoxy) is 1. The molecule has 0 radical (unpaired) electrons. The topological polar surface area (TPSA) is 76.9 Å². The van der Waals surface area contributed by atoms with Crippen LogP contribution in [-0.2, 0) is 0 Å². The summed E-state index contributed by atoms with van der Waals surface area (Å²) in [6.07, 6.45) is 8.83. The van der Waals surface area contributed by atoms with Crippen LogP contribution in [0.4, 0.5) is 0 Å². The first-order chi connectivity index (χ1) is 14.7. The minimum absolute atomic E-state index is 0.00513. The summed E-state index contributed by atoms with van der Waals surface area (Å²) in [6, 6.07) is 9.94. The van der Waals surface area contributed by atoms with Crippen LogP contribution in [0.25, 0.3) is 27.9 Å². The average molecular weight is 404 g/mol. The SMILES string of the molecule is COc1ccccc1-c1c2c(=O)n(C3CCCCCC3)ccc2nc2nc(C)[nH][n+]12. The van der Waals surface area contributed by atoms with Gasteiger partial charge in [0.05, 0.1) is 12.7 Å². The fourth-order valence-corrected chi connectivity index (χ4v) is 4.66. The summed E-state index contributed by atoms with van der Waals surface area (Å²) in [5.41, 5.74) is 2.22. The van der Waals surface area contributed by atoms with Crippen LogP contribution in [0.15, 0.2) is 41.3 Å². The second-order valence-electron chi connectivity index (χ2n) is 8.04. The molecule has 5 rings (SSSR count). The Morgan fingerprint density at radius 2 is 1.87 bits per heavy atom. The Morgan fingerprint density at radius 3 is 2.63 bits per heavy atom. The summed E-state index contributed by atoms with van der Waals surface area (Å²) in [7, 11) is 1.64. The third-order valence-corrected chi connectivity index (χ3v) is 6.10. The quantitative estimate of drug-likeness (QED) is 0.417. The monoisotopic (exact) mass is 404 g/mol. The summed E-state index contributed by atoms with van der Waals surface area (Å²) >= 11 is 0. The Morgan fingerprint density at radius 1 is 1.10 bits per heavy atom. The van der Waals surface area contributed by atoms with E-state index in [-0.39, 0.29) is 11.6 Å². The van der Waals surface area contributed by atoms with Gasteiger partial charge < -0.3 is 9.30 Å². The van der Waals surface area contributed by atoms with Crippen molar-refractivity contribution in [2.45, 2.75) is 51.5 Å². The molecular weight excluding hydrogens is 378 g/mol. The van der Waals surface area contributed by atoms with Gasteiger partial charge >= 0.3 is 5.78 Å². The maximum Gasteiger partial charge on any atom is 0.458 e. The van der Waals surface area contributed by atoms with Crippen LogP contribution in [0, 0.1) is 6.92 Å². The predicted octanol–water partition coefficient (Wildman–Crippen LogP) is 3.74. The molecule has 1 aliphatic rings. The van der Waals surface area contributed by atoms with Crippen molar-refractivity contribution in [2.24, 2.45) is 0 Å². The van der Waals surface area contributed by atoms with Gasteiger partial charge in [0.15, 0.2) is 11.2 Å². The van der Waals surface area contributed by atoms with E-state index in [2.05, 4.69) is 15.1 Å². The van der Waals surface area contributed by atoms with Crippen molar-refractivity contribution < 1.29 is 9.25 Å². The van der Waals surface area contributed by atoms with Gasteiger partial charge in [-0.1, -0.05) is 47.8 Å². The van der Waals surface area contributed by atoms with Crippen LogP contribution in [-0.4, -0.2) is 26.7 Å². The number of hydrogen-bond donors (Lipinski definition) is 1. The lowest BCUT2D eigenvalue weighted by Gasteiger charge is -2.18. The van der Waals surface area contributed by atoms with Crippen molar-refractivity contribution in [1.82, 2.24) is 19.6 Å². The van der Waals surface area contributed by atoms with Crippen molar-refractivity contribution in [3.05, 3.63) is 52.7 Å². The molecular formula is C23H26N5O2+. The molecule has 1 aromatic carbocycles. The van der Waals surface area contributed by atoms with Gasteiger partial charge in [-0.3, -0.25) is 4.79 Å². The zero-order valence-corrected chi connectivity index (χ0v) is 17.4. The standard InChI is InChI=1S/C23H25N5O2/c1-15-24-23-25-18-13-14-27(16-9-5-3-4-6-10-16)22(29)20(18)21(28(23)26-15)17-11-7-8-12-19(17)30-2/h7-8,11-14,16H,3-6,9-10H2,1-2H3/p+1. The number of rotatable bonds is 3. The van der Waals surface area contributed by atoms with Crippen molar-refractivity contribution >= 4 is 16.7 Å². The predicted molar refractivity (Wildman–Crippen MR) is 115 cm³/mol. The highest BCUT2D eigenvalue weighted by atomic mass is 16.5. The Balaban J connectivity index is 1.86. The van der Waals surface area contributed by atoms with E-state index in [4.69, 9.17) is 4.74 Å². The van der Waals surface area contributed by atoms with Gasteiger partial charge in [0.25, 0.3) is 5.56 Å². The van der Waals surface area contributed by atoms with Crippen molar-refractivity contribution in [3.8, 4) is 17.0 Å². The third-order valence-electron chi connectivity index (χ3n) is 6.10. The first-order valence-corrected chi connectivity index (χ1v) is 10.6. The minimum Gasteiger partial charge on any atom is -0.496 e. The van der Waals surface area contributed by atoms with Crippen molar-refractivity contribution in [2.75, 3.05) is 7.11 Å². The summed E-state index contributed by atoms with van der Waals surface area (Å²) in [4.78, 5) is 23.0. The van der Waals surface area contributed by atoms with Crippen LogP contribution < -0.4 is 14.8 Å². The van der Waals surface area contributed by atoms with E-state index >= 15 is 0 Å². The number of methoxy groups -OCH3 is 1. The maximum absolute atomic E-state index is 13.8. The van der Waals surface area contributed by atoms with Gasteiger partial charge in [0.2, 0.25) is 5.82 Å². The molecule has 0 bridgehead atoms. The van der Waals surface area contributed by atoms with Gasteiger partial charge in [-0.15, -0.1) is 4.52 Å². The largest absolute Gasteiger partial charge is 0.496 e. The second kappa shape index (κ2) is 7.55. The average Bonchev–Trinajstić information content (AvgIpc) is 2.95. The molecule has 0 spiro atoms. The Labute approximate surface area is 174 Å². The molecule has 0 aliphatic heterocycles. The maximum atomic E-state index is 13.8. The summed E-state index contributed by atoms with van der Waals surface area (Å²) in [6.45, 7) is 1.88. The number of aromatic nitrogens is 5. The zero-order valence-electron chi connectivity index (χ0n) is 17.4. The smallest absolute Gasteiger partial charge is 0.458 e. The Hall–Kier alpha value is -3.22. The molecule has 7 nitrogen and oxygen atoms in total. The van der Waals surface area contributed by atoms with Crippen LogP contribution in [0.1, 0.15) is 50.4 Å². The van der Waals surface area contributed by atoms with Gasteiger partial charge in [-0.25, -0.2) is 5.10 Å². The highest BCUT2D eigenvalue weighted by Gasteiger charge is 2.27. The molecule has 1 N–H and O–H groups in total. The van der Waals surface area contributed by atoms with E-state index in [9.17, 15) is 4.79 Å². The van der Waals surface area contributed by atoms with Crippen LogP contribution in [0.2, 0.25) is 0 Å². The first-order valence-electron chi connectivity index (χ1n) is 10.6. The summed E-state index contributed by atoms with van der Waals surface area (Å²) < 4.78 is 9.35. The number of fused-ring (bicyclic) bond motifs is 2. The van der Waals surface area contributed by atoms with Gasteiger partial charge in [-0.05, 0) is 31.0 Å². The third kappa shape index (κ3) is 3.05. The molecule has 1 fully saturated rings. The molecule has 1 aliphatic carbocycles. The number of nitrogens with one attached hydrogen (secondary N) is 1. The van der Waals surface area contributed by atoms with E-state index in [1.165, 1.54) is 25.7 Å². The number of benzene rings is 1.